The molecule has 2 aliphatic rings. The highest BCUT2D eigenvalue weighted by Crippen LogP contribution is 2.38. The Hall–Kier alpha value is -3.34. The number of fused-ring (bicyclic) bond motifs is 3. The van der Waals surface area contributed by atoms with Gasteiger partial charge in [-0.1, -0.05) is 0 Å². The van der Waals surface area contributed by atoms with Gasteiger partial charge in [-0.05, 0) is 44.9 Å². The average Bonchev–Trinajstić information content (AvgIpc) is 2.81. The number of aromatic carboxylic acids is 1. The van der Waals surface area contributed by atoms with Crippen LogP contribution in [0.2, 0.25) is 0 Å². The normalized spacial score (nSPS) is 18.1. The molecule has 0 radical (unpaired) electrons. The van der Waals surface area contributed by atoms with E-state index >= 15 is 0 Å². The summed E-state index contributed by atoms with van der Waals surface area (Å²) in [5, 5.41) is 15.6. The Kier molecular flexibility index (Phi) is 8.44. The lowest BCUT2D eigenvalue weighted by Gasteiger charge is -2.49. The molecule has 0 bridgehead atoms. The van der Waals surface area contributed by atoms with Crippen molar-refractivity contribution in [2.24, 2.45) is 0 Å². The monoisotopic (exact) mass is 503 g/mol. The van der Waals surface area contributed by atoms with Crippen LogP contribution < -0.4 is 20.4 Å². The molecule has 2 unspecified atom stereocenters. The van der Waals surface area contributed by atoms with Crippen LogP contribution in [0.25, 0.3) is 0 Å². The number of hydrogen-bond acceptors (Lipinski definition) is 8. The smallest absolute Gasteiger partial charge is 0.410 e. The van der Waals surface area contributed by atoms with E-state index in [0.717, 1.165) is 17.7 Å². The number of benzene rings is 1. The third-order valence-electron chi connectivity index (χ3n) is 6.45. The summed E-state index contributed by atoms with van der Waals surface area (Å²) in [7, 11) is 3.43. The van der Waals surface area contributed by atoms with Gasteiger partial charge in [0, 0.05) is 53.2 Å². The van der Waals surface area contributed by atoms with Crippen LogP contribution in [0, 0.1) is 0 Å². The van der Waals surface area contributed by atoms with Crippen LogP contribution in [-0.4, -0.2) is 92.2 Å². The second kappa shape index (κ2) is 11.2. The first-order chi connectivity index (χ1) is 16.9. The number of carboxylic acids is 1. The molecule has 198 valence electrons. The van der Waals surface area contributed by atoms with E-state index < -0.39 is 17.6 Å². The minimum absolute atomic E-state index is 0.0199. The minimum atomic E-state index is -1.05. The molecular weight excluding hydrogens is 466 g/mol. The summed E-state index contributed by atoms with van der Waals surface area (Å²) in [6.45, 7) is 7.89. The SMILES string of the molecule is CNC(=O)C(CCC=O)NCc1cc2c(cc1C(=O)O)N(C)CC1CN(C(=O)OC(C)(C)C)CCN21. The van der Waals surface area contributed by atoms with Crippen LogP contribution in [0.3, 0.4) is 0 Å². The predicted molar refractivity (Wildman–Crippen MR) is 136 cm³/mol. The molecule has 1 fully saturated rings. The number of carboxylic acid groups (broad SMARTS) is 1. The van der Waals surface area contributed by atoms with Crippen molar-refractivity contribution < 1.29 is 29.0 Å². The Bertz CT molecular complexity index is 1010. The lowest BCUT2D eigenvalue weighted by atomic mass is 9.98. The number of carbonyl (C=O) groups is 4. The van der Waals surface area contributed by atoms with Crippen molar-refractivity contribution >= 4 is 35.6 Å². The number of likely N-dealkylation sites (N-methyl/N-ethyl adjacent to an activating group) is 2. The molecule has 2 atom stereocenters. The van der Waals surface area contributed by atoms with E-state index in [1.807, 2.05) is 38.8 Å². The summed E-state index contributed by atoms with van der Waals surface area (Å²) in [5.74, 6) is -1.31. The number of hydrogen-bond donors (Lipinski definition) is 3. The molecule has 0 saturated carbocycles. The van der Waals surface area contributed by atoms with Gasteiger partial charge in [-0.15, -0.1) is 0 Å². The van der Waals surface area contributed by atoms with Gasteiger partial charge in [-0.25, -0.2) is 9.59 Å². The summed E-state index contributed by atoms with van der Waals surface area (Å²) in [6.07, 6.45) is 0.951. The maximum atomic E-state index is 12.6. The van der Waals surface area contributed by atoms with Gasteiger partial charge in [0.1, 0.15) is 11.9 Å². The van der Waals surface area contributed by atoms with Crippen molar-refractivity contribution in [1.82, 2.24) is 15.5 Å². The van der Waals surface area contributed by atoms with Crippen molar-refractivity contribution in [2.75, 3.05) is 50.1 Å². The lowest BCUT2D eigenvalue weighted by molar-refractivity contribution is -0.123. The Morgan fingerprint density at radius 3 is 2.53 bits per heavy atom. The molecule has 36 heavy (non-hydrogen) atoms. The maximum absolute atomic E-state index is 12.6. The zero-order chi connectivity index (χ0) is 26.6. The standard InChI is InChI=1S/C25H37N5O6/c1-25(2,3)36-24(35)29-8-9-30-17(15-29)14-28(5)20-12-18(23(33)34)16(11-21(20)30)13-27-19(7-6-10-31)22(32)26-4/h10-12,17,19,27H,6-9,13-15H2,1-5H3,(H,26,32)(H,33,34). The largest absolute Gasteiger partial charge is 0.478 e. The maximum Gasteiger partial charge on any atom is 0.410 e. The number of nitrogens with one attached hydrogen (secondary N) is 2. The molecule has 2 aliphatic heterocycles. The number of nitrogens with zero attached hydrogens (tertiary/aromatic N) is 3. The van der Waals surface area contributed by atoms with Crippen LogP contribution in [-0.2, 0) is 20.9 Å². The van der Waals surface area contributed by atoms with Gasteiger partial charge < -0.3 is 40.0 Å². The average molecular weight is 504 g/mol. The molecular formula is C25H37N5O6. The van der Waals surface area contributed by atoms with Crippen molar-refractivity contribution in [1.29, 1.82) is 0 Å². The highest BCUT2D eigenvalue weighted by Gasteiger charge is 2.37. The second-order valence-electron chi connectivity index (χ2n) is 10.2. The lowest BCUT2D eigenvalue weighted by Crippen LogP contribution is -2.60. The highest BCUT2D eigenvalue weighted by molar-refractivity contribution is 5.93. The van der Waals surface area contributed by atoms with Crippen LogP contribution in [0.5, 0.6) is 0 Å². The molecule has 3 rings (SSSR count). The summed E-state index contributed by atoms with van der Waals surface area (Å²) in [6, 6.07) is 2.93. The Morgan fingerprint density at radius 2 is 1.92 bits per heavy atom. The zero-order valence-corrected chi connectivity index (χ0v) is 21.7. The van der Waals surface area contributed by atoms with Crippen molar-refractivity contribution in [3.05, 3.63) is 23.3 Å². The van der Waals surface area contributed by atoms with E-state index in [4.69, 9.17) is 4.74 Å². The van der Waals surface area contributed by atoms with Crippen molar-refractivity contribution in [2.45, 2.75) is 57.8 Å². The highest BCUT2D eigenvalue weighted by atomic mass is 16.6. The molecule has 1 aromatic carbocycles. The summed E-state index contributed by atoms with van der Waals surface area (Å²) in [4.78, 5) is 53.7. The number of carbonyl (C=O) groups excluding carboxylic acids is 3. The minimum Gasteiger partial charge on any atom is -0.478 e. The Morgan fingerprint density at radius 1 is 1.19 bits per heavy atom. The first kappa shape index (κ1) is 27.3. The number of amides is 2. The quantitative estimate of drug-likeness (QED) is 0.451. The molecule has 2 amide bonds. The number of anilines is 2. The third kappa shape index (κ3) is 6.26. The van der Waals surface area contributed by atoms with Crippen LogP contribution in [0.4, 0.5) is 16.2 Å². The summed E-state index contributed by atoms with van der Waals surface area (Å²) >= 11 is 0. The van der Waals surface area contributed by atoms with Crippen molar-refractivity contribution in [3.63, 3.8) is 0 Å². The fraction of sp³-hybridized carbons (Fsp3) is 0.600. The molecule has 11 heteroatoms. The van der Waals surface area contributed by atoms with Gasteiger partial charge in [-0.3, -0.25) is 4.79 Å². The van der Waals surface area contributed by atoms with Gasteiger partial charge in [0.05, 0.1) is 29.0 Å². The molecule has 1 saturated heterocycles. The first-order valence-electron chi connectivity index (χ1n) is 12.2. The fourth-order valence-electron chi connectivity index (χ4n) is 4.70. The number of rotatable bonds is 8. The van der Waals surface area contributed by atoms with Gasteiger partial charge in [0.25, 0.3) is 0 Å². The first-order valence-corrected chi connectivity index (χ1v) is 12.2. The third-order valence-corrected chi connectivity index (χ3v) is 6.45. The number of aldehydes is 1. The van der Waals surface area contributed by atoms with E-state index in [9.17, 15) is 24.3 Å². The summed E-state index contributed by atoms with van der Waals surface area (Å²) < 4.78 is 5.55. The topological polar surface area (TPSA) is 132 Å². The van der Waals surface area contributed by atoms with Crippen LogP contribution in [0.1, 0.15) is 49.5 Å². The van der Waals surface area contributed by atoms with Crippen LogP contribution >= 0.6 is 0 Å². The molecule has 0 spiro atoms. The van der Waals surface area contributed by atoms with E-state index in [1.165, 1.54) is 7.05 Å². The van der Waals surface area contributed by atoms with E-state index in [2.05, 4.69) is 15.5 Å². The van der Waals surface area contributed by atoms with Crippen LogP contribution in [0.15, 0.2) is 12.1 Å². The fourth-order valence-corrected chi connectivity index (χ4v) is 4.70. The molecule has 1 aromatic rings. The predicted octanol–water partition coefficient (Wildman–Crippen LogP) is 1.44. The number of ether oxygens (including phenoxy) is 1. The zero-order valence-electron chi connectivity index (χ0n) is 21.7. The molecule has 0 aromatic heterocycles. The molecule has 11 nitrogen and oxygen atoms in total. The second-order valence-corrected chi connectivity index (χ2v) is 10.2. The van der Waals surface area contributed by atoms with Gasteiger partial charge in [0.2, 0.25) is 5.91 Å². The molecule has 3 N–H and O–H groups in total. The number of piperazine rings is 1. The van der Waals surface area contributed by atoms with Crippen molar-refractivity contribution in [3.8, 4) is 0 Å². The van der Waals surface area contributed by atoms with E-state index in [1.54, 1.807) is 11.0 Å². The van der Waals surface area contributed by atoms with Gasteiger partial charge in [-0.2, -0.15) is 0 Å². The Labute approximate surface area is 211 Å². The van der Waals surface area contributed by atoms with E-state index in [-0.39, 0.29) is 36.6 Å². The van der Waals surface area contributed by atoms with E-state index in [0.29, 0.717) is 38.2 Å². The molecule has 0 aliphatic carbocycles. The summed E-state index contributed by atoms with van der Waals surface area (Å²) in [5.41, 5.74) is 1.83. The van der Waals surface area contributed by atoms with Gasteiger partial charge >= 0.3 is 12.1 Å². The molecule has 2 heterocycles. The Balaban J connectivity index is 1.85. The van der Waals surface area contributed by atoms with Gasteiger partial charge in [0.15, 0.2) is 0 Å².